The number of fused-ring (bicyclic) bond motifs is 1. The highest BCUT2D eigenvalue weighted by Crippen LogP contribution is 2.50. The number of ketones is 1. The van der Waals surface area contributed by atoms with Gasteiger partial charge >= 0.3 is 0 Å². The molecule has 0 bridgehead atoms. The Balaban J connectivity index is 1.71. The summed E-state index contributed by atoms with van der Waals surface area (Å²) in [6, 6.07) is 14.7. The summed E-state index contributed by atoms with van der Waals surface area (Å²) in [5.74, 6) is 0.461. The fourth-order valence-corrected chi connectivity index (χ4v) is 4.86. The third kappa shape index (κ3) is 3.30. The first-order valence-corrected chi connectivity index (χ1v) is 10.7. The van der Waals surface area contributed by atoms with E-state index in [1.165, 1.54) is 12.1 Å². The molecule has 2 N–H and O–H groups in total. The number of benzene rings is 2. The number of anilines is 1. The molecule has 1 aliphatic heterocycles. The molecule has 2 heterocycles. The van der Waals surface area contributed by atoms with E-state index in [4.69, 9.17) is 0 Å². The number of carbonyl (C=O) groups excluding carboxylic acids is 1. The predicted octanol–water partition coefficient (Wildman–Crippen LogP) is 5.49. The van der Waals surface area contributed by atoms with Gasteiger partial charge in [-0.1, -0.05) is 55.8 Å². The molecule has 0 radical (unpaired) electrons. The second kappa shape index (κ2) is 7.15. The highest BCUT2D eigenvalue weighted by atomic mass is 16.6. The molecule has 0 fully saturated rings. The van der Waals surface area contributed by atoms with Crippen LogP contribution in [-0.4, -0.2) is 20.9 Å². The third-order valence-electron chi connectivity index (χ3n) is 6.35. The molecule has 2 aromatic carbocycles. The molecule has 3 aromatic rings. The molecule has 1 unspecified atom stereocenters. The lowest BCUT2D eigenvalue weighted by Gasteiger charge is -2.38. The van der Waals surface area contributed by atoms with Crippen LogP contribution in [0.2, 0.25) is 0 Å². The van der Waals surface area contributed by atoms with Crippen LogP contribution >= 0.6 is 0 Å². The zero-order valence-electron chi connectivity index (χ0n) is 18.2. The van der Waals surface area contributed by atoms with Gasteiger partial charge in [0.2, 0.25) is 0 Å². The molecule has 5 rings (SSSR count). The number of nitrogens with one attached hydrogen (secondary N) is 2. The summed E-state index contributed by atoms with van der Waals surface area (Å²) in [4.78, 5) is 24.2. The number of nitro benzene ring substituents is 1. The van der Waals surface area contributed by atoms with Gasteiger partial charge < -0.3 is 5.32 Å². The van der Waals surface area contributed by atoms with Crippen LogP contribution < -0.4 is 5.32 Å². The Labute approximate surface area is 185 Å². The number of nitrogens with zero attached hydrogens (tertiary/aromatic N) is 2. The average Bonchev–Trinajstić information content (AvgIpc) is 3.15. The van der Waals surface area contributed by atoms with Crippen LogP contribution in [0.4, 0.5) is 11.5 Å². The van der Waals surface area contributed by atoms with Crippen molar-refractivity contribution in [2.45, 2.75) is 39.5 Å². The normalized spacial score (nSPS) is 19.2. The molecule has 0 spiro atoms. The molecule has 0 amide bonds. The predicted molar refractivity (Wildman–Crippen MR) is 122 cm³/mol. The molecular formula is C25H24N4O3. The minimum Gasteiger partial charge on any atom is -0.342 e. The van der Waals surface area contributed by atoms with E-state index in [-0.39, 0.29) is 22.8 Å². The Morgan fingerprint density at radius 1 is 1.06 bits per heavy atom. The molecule has 32 heavy (non-hydrogen) atoms. The monoisotopic (exact) mass is 428 g/mol. The highest BCUT2D eigenvalue weighted by molar-refractivity contribution is 6.02. The lowest BCUT2D eigenvalue weighted by molar-refractivity contribution is -0.384. The van der Waals surface area contributed by atoms with Gasteiger partial charge in [0.1, 0.15) is 0 Å². The third-order valence-corrected chi connectivity index (χ3v) is 6.35. The smallest absolute Gasteiger partial charge is 0.269 e. The number of aryl methyl sites for hydroxylation is 1. The van der Waals surface area contributed by atoms with Crippen molar-refractivity contribution in [1.29, 1.82) is 0 Å². The number of nitro groups is 1. The Kier molecular flexibility index (Phi) is 4.51. The van der Waals surface area contributed by atoms with Crippen molar-refractivity contribution in [2.24, 2.45) is 5.41 Å². The van der Waals surface area contributed by atoms with Crippen LogP contribution in [0.3, 0.4) is 0 Å². The molecule has 7 nitrogen and oxygen atoms in total. The van der Waals surface area contributed by atoms with Crippen LogP contribution in [0.5, 0.6) is 0 Å². The Bertz CT molecular complexity index is 1270. The van der Waals surface area contributed by atoms with Crippen molar-refractivity contribution in [3.8, 4) is 11.3 Å². The van der Waals surface area contributed by atoms with Crippen molar-refractivity contribution in [2.75, 3.05) is 5.32 Å². The lowest BCUT2D eigenvalue weighted by Crippen LogP contribution is -2.33. The number of hydrogen-bond acceptors (Lipinski definition) is 5. The van der Waals surface area contributed by atoms with E-state index in [0.29, 0.717) is 12.2 Å². The first-order valence-electron chi connectivity index (χ1n) is 10.7. The van der Waals surface area contributed by atoms with Gasteiger partial charge in [-0.15, -0.1) is 0 Å². The minimum absolute atomic E-state index is 0.0270. The van der Waals surface area contributed by atoms with E-state index in [2.05, 4.69) is 29.4 Å². The molecule has 1 aromatic heterocycles. The summed E-state index contributed by atoms with van der Waals surface area (Å²) in [5, 5.41) is 22.3. The van der Waals surface area contributed by atoms with Crippen molar-refractivity contribution in [3.05, 3.63) is 86.6 Å². The van der Waals surface area contributed by atoms with Gasteiger partial charge in [-0.2, -0.15) is 5.10 Å². The fourth-order valence-electron chi connectivity index (χ4n) is 4.86. The van der Waals surface area contributed by atoms with Gasteiger partial charge in [-0.3, -0.25) is 20.0 Å². The molecular weight excluding hydrogens is 404 g/mol. The number of carbonyl (C=O) groups is 1. The molecule has 2 aliphatic rings. The fraction of sp³-hybridized carbons (Fsp3) is 0.280. The van der Waals surface area contributed by atoms with Gasteiger partial charge in [0.25, 0.3) is 5.69 Å². The molecule has 1 aliphatic carbocycles. The number of rotatable bonds is 3. The quantitative estimate of drug-likeness (QED) is 0.424. The summed E-state index contributed by atoms with van der Waals surface area (Å²) in [6.07, 6.45) is 1.20. The number of non-ortho nitro benzene ring substituents is 1. The van der Waals surface area contributed by atoms with Gasteiger partial charge in [0, 0.05) is 41.3 Å². The lowest BCUT2D eigenvalue weighted by atomic mass is 9.69. The van der Waals surface area contributed by atoms with E-state index in [9.17, 15) is 14.9 Å². The number of aromatic nitrogens is 2. The van der Waals surface area contributed by atoms with Gasteiger partial charge in [0.05, 0.1) is 10.6 Å². The Morgan fingerprint density at radius 3 is 2.41 bits per heavy atom. The first kappa shape index (κ1) is 20.2. The van der Waals surface area contributed by atoms with Crippen molar-refractivity contribution in [3.63, 3.8) is 0 Å². The van der Waals surface area contributed by atoms with Crippen LogP contribution in [0.15, 0.2) is 59.8 Å². The first-order chi connectivity index (χ1) is 15.2. The van der Waals surface area contributed by atoms with E-state index < -0.39 is 4.92 Å². The summed E-state index contributed by atoms with van der Waals surface area (Å²) < 4.78 is 0. The topological polar surface area (TPSA) is 101 Å². The number of H-pyrrole nitrogens is 1. The van der Waals surface area contributed by atoms with Gasteiger partial charge in [-0.25, -0.2) is 0 Å². The minimum atomic E-state index is -0.411. The van der Waals surface area contributed by atoms with Crippen LogP contribution in [0.1, 0.15) is 49.3 Å². The Morgan fingerprint density at radius 2 is 1.75 bits per heavy atom. The average molecular weight is 428 g/mol. The molecule has 0 saturated carbocycles. The Hall–Kier alpha value is -3.74. The summed E-state index contributed by atoms with van der Waals surface area (Å²) in [5.41, 5.74) is 6.23. The largest absolute Gasteiger partial charge is 0.342 e. The zero-order chi connectivity index (χ0) is 22.6. The van der Waals surface area contributed by atoms with Crippen LogP contribution in [-0.2, 0) is 4.79 Å². The van der Waals surface area contributed by atoms with Crippen LogP contribution in [0, 0.1) is 22.5 Å². The number of Topliss-reactive ketones (excluding diaryl/α,β-unsaturated/α-hetero) is 1. The standard InChI is InChI=1S/C25H24N4O3/c1-14-4-6-16(7-5-14)23-22-20(15-8-10-17(11-9-15)29(31)32)21-18(26-24(22)28-27-23)12-25(2,3)13-19(21)30/h4-11,20H,12-13H2,1-3H3,(H2,26,27,28). The van der Waals surface area contributed by atoms with Crippen molar-refractivity contribution < 1.29 is 9.72 Å². The summed E-state index contributed by atoms with van der Waals surface area (Å²) >= 11 is 0. The van der Waals surface area contributed by atoms with E-state index in [0.717, 1.165) is 45.6 Å². The second-order valence-electron chi connectivity index (χ2n) is 9.47. The van der Waals surface area contributed by atoms with Crippen molar-refractivity contribution in [1.82, 2.24) is 10.2 Å². The highest BCUT2D eigenvalue weighted by Gasteiger charge is 2.42. The summed E-state index contributed by atoms with van der Waals surface area (Å²) in [6.45, 7) is 6.22. The van der Waals surface area contributed by atoms with Crippen molar-refractivity contribution >= 4 is 17.3 Å². The summed E-state index contributed by atoms with van der Waals surface area (Å²) in [7, 11) is 0. The molecule has 0 saturated heterocycles. The van der Waals surface area contributed by atoms with Gasteiger partial charge in [0.15, 0.2) is 11.6 Å². The molecule has 7 heteroatoms. The van der Waals surface area contributed by atoms with Gasteiger partial charge in [-0.05, 0) is 29.9 Å². The van der Waals surface area contributed by atoms with E-state index in [1.807, 2.05) is 31.2 Å². The maximum atomic E-state index is 13.4. The SMILES string of the molecule is Cc1ccc(-c2[nH]nc3c2C(c2ccc([N+](=O)[O-])cc2)C2=C(CC(C)(C)CC2=O)N3)cc1. The molecule has 1 atom stereocenters. The number of allylic oxidation sites excluding steroid dienone is 2. The van der Waals surface area contributed by atoms with Crippen LogP contribution in [0.25, 0.3) is 11.3 Å². The number of aromatic amines is 1. The zero-order valence-corrected chi connectivity index (χ0v) is 18.2. The second-order valence-corrected chi connectivity index (χ2v) is 9.47. The maximum Gasteiger partial charge on any atom is 0.269 e. The van der Waals surface area contributed by atoms with E-state index in [1.54, 1.807) is 12.1 Å². The maximum absolute atomic E-state index is 13.4. The number of hydrogen-bond donors (Lipinski definition) is 2. The van der Waals surface area contributed by atoms with E-state index >= 15 is 0 Å². The molecule has 162 valence electrons.